The van der Waals surface area contributed by atoms with E-state index in [-0.39, 0.29) is 22.3 Å². The minimum atomic E-state index is -1.56. The Bertz CT molecular complexity index is 1010. The van der Waals surface area contributed by atoms with Crippen molar-refractivity contribution in [2.45, 2.75) is 37.3 Å². The van der Waals surface area contributed by atoms with Crippen LogP contribution < -0.4 is 0 Å². The zero-order chi connectivity index (χ0) is 24.3. The number of carbonyl (C=O) groups excluding carboxylic acids is 4. The molecule has 4 rings (SSSR count). The van der Waals surface area contributed by atoms with Crippen molar-refractivity contribution in [3.8, 4) is 0 Å². The fourth-order valence-corrected chi connectivity index (χ4v) is 5.28. The number of rotatable bonds is 6. The standard InChI is InChI=1S/C23H24O10/c1-21(2,22-9-7-11(32-22)13(17(24)28-3)15(22)19(26)30-5)23-10-8-12(33-23)14(18(25)29-4)16(23)20(27)31-6/h7-12H,1-6H3/t11-,12+,22+,23-. The Morgan fingerprint density at radius 1 is 0.697 bits per heavy atom. The molecule has 0 spiro atoms. The van der Waals surface area contributed by atoms with Crippen molar-refractivity contribution >= 4 is 23.9 Å². The summed E-state index contributed by atoms with van der Waals surface area (Å²) in [7, 11) is 4.76. The van der Waals surface area contributed by atoms with Crippen LogP contribution in [0.15, 0.2) is 46.6 Å². The van der Waals surface area contributed by atoms with Crippen LogP contribution in [0.1, 0.15) is 13.8 Å². The van der Waals surface area contributed by atoms with Gasteiger partial charge in [-0.05, 0) is 12.2 Å². The van der Waals surface area contributed by atoms with Gasteiger partial charge in [-0.15, -0.1) is 0 Å². The minimum absolute atomic E-state index is 0.00429. The Kier molecular flexibility index (Phi) is 5.14. The van der Waals surface area contributed by atoms with Gasteiger partial charge in [-0.2, -0.15) is 0 Å². The highest BCUT2D eigenvalue weighted by molar-refractivity contribution is 6.07. The Labute approximate surface area is 189 Å². The fourth-order valence-electron chi connectivity index (χ4n) is 5.28. The largest absolute Gasteiger partial charge is 0.466 e. The Hall–Kier alpha value is -3.24. The number of fused-ring (bicyclic) bond motifs is 4. The molecule has 0 N–H and O–H groups in total. The average molecular weight is 460 g/mol. The van der Waals surface area contributed by atoms with Gasteiger partial charge in [0.25, 0.3) is 0 Å². The molecule has 4 aliphatic heterocycles. The summed E-state index contributed by atoms with van der Waals surface area (Å²) in [5.74, 6) is -3.07. The molecular weight excluding hydrogens is 436 g/mol. The molecule has 4 bridgehead atoms. The van der Waals surface area contributed by atoms with Crippen molar-refractivity contribution in [3.05, 3.63) is 46.6 Å². The minimum Gasteiger partial charge on any atom is -0.466 e. The van der Waals surface area contributed by atoms with Gasteiger partial charge in [-0.1, -0.05) is 26.0 Å². The molecule has 176 valence electrons. The molecule has 4 heterocycles. The highest BCUT2D eigenvalue weighted by atomic mass is 16.6. The summed E-state index contributed by atoms with van der Waals surface area (Å²) in [6.07, 6.45) is 4.81. The van der Waals surface area contributed by atoms with E-state index in [1.807, 2.05) is 0 Å². The van der Waals surface area contributed by atoms with E-state index < -0.39 is 52.7 Å². The van der Waals surface area contributed by atoms with Crippen molar-refractivity contribution in [1.82, 2.24) is 0 Å². The molecule has 0 fully saturated rings. The van der Waals surface area contributed by atoms with E-state index in [2.05, 4.69) is 0 Å². The Morgan fingerprint density at radius 3 is 1.33 bits per heavy atom. The van der Waals surface area contributed by atoms with Gasteiger partial charge in [0, 0.05) is 5.41 Å². The molecule has 0 aromatic carbocycles. The van der Waals surface area contributed by atoms with Gasteiger partial charge in [0.05, 0.1) is 50.7 Å². The molecular formula is C23H24O10. The Morgan fingerprint density at radius 2 is 1.03 bits per heavy atom. The lowest BCUT2D eigenvalue weighted by molar-refractivity contribution is -0.156. The highest BCUT2D eigenvalue weighted by Gasteiger charge is 2.72. The normalized spacial score (nSPS) is 31.3. The van der Waals surface area contributed by atoms with Crippen LogP contribution in [0.3, 0.4) is 0 Å². The lowest BCUT2D eigenvalue weighted by atomic mass is 9.57. The third kappa shape index (κ3) is 2.61. The van der Waals surface area contributed by atoms with E-state index in [1.54, 1.807) is 38.2 Å². The molecule has 0 amide bonds. The van der Waals surface area contributed by atoms with Gasteiger partial charge in [0.15, 0.2) is 0 Å². The first-order valence-electron chi connectivity index (χ1n) is 10.1. The third-order valence-electron chi connectivity index (χ3n) is 6.93. The van der Waals surface area contributed by atoms with Crippen LogP contribution in [0.2, 0.25) is 0 Å². The molecule has 0 saturated heterocycles. The van der Waals surface area contributed by atoms with Crippen molar-refractivity contribution in [1.29, 1.82) is 0 Å². The van der Waals surface area contributed by atoms with Crippen LogP contribution in [0.25, 0.3) is 0 Å². The number of ether oxygens (including phenoxy) is 6. The molecule has 4 atom stereocenters. The molecule has 33 heavy (non-hydrogen) atoms. The maximum Gasteiger partial charge on any atom is 0.337 e. The molecule has 0 aliphatic carbocycles. The predicted octanol–water partition coefficient (Wildman–Crippen LogP) is 0.713. The van der Waals surface area contributed by atoms with Crippen molar-refractivity contribution in [2.24, 2.45) is 5.41 Å². The van der Waals surface area contributed by atoms with Crippen molar-refractivity contribution in [3.63, 3.8) is 0 Å². The second kappa shape index (κ2) is 7.39. The van der Waals surface area contributed by atoms with Crippen LogP contribution in [-0.4, -0.2) is 75.7 Å². The molecule has 0 saturated carbocycles. The summed E-state index contributed by atoms with van der Waals surface area (Å²) in [6.45, 7) is 3.41. The molecule has 10 heteroatoms. The second-order valence-corrected chi connectivity index (χ2v) is 8.44. The Balaban J connectivity index is 1.98. The summed E-state index contributed by atoms with van der Waals surface area (Å²) in [5.41, 5.74) is -4.50. The molecule has 4 aliphatic rings. The van der Waals surface area contributed by atoms with Gasteiger partial charge < -0.3 is 28.4 Å². The van der Waals surface area contributed by atoms with E-state index in [9.17, 15) is 19.2 Å². The molecule has 0 unspecified atom stereocenters. The van der Waals surface area contributed by atoms with Gasteiger partial charge in [0.2, 0.25) is 0 Å². The number of esters is 4. The summed E-state index contributed by atoms with van der Waals surface area (Å²) >= 11 is 0. The van der Waals surface area contributed by atoms with Crippen LogP contribution >= 0.6 is 0 Å². The summed E-state index contributed by atoms with van der Waals surface area (Å²) in [6, 6.07) is 0. The zero-order valence-corrected chi connectivity index (χ0v) is 19.0. The van der Waals surface area contributed by atoms with Crippen LogP contribution in [-0.2, 0) is 47.6 Å². The number of hydrogen-bond acceptors (Lipinski definition) is 10. The van der Waals surface area contributed by atoms with Gasteiger partial charge in [0.1, 0.15) is 23.4 Å². The maximum atomic E-state index is 13.0. The molecule has 0 aromatic heterocycles. The quantitative estimate of drug-likeness (QED) is 0.318. The molecule has 0 radical (unpaired) electrons. The van der Waals surface area contributed by atoms with Gasteiger partial charge >= 0.3 is 23.9 Å². The highest BCUT2D eigenvalue weighted by Crippen LogP contribution is 2.63. The number of hydrogen-bond donors (Lipinski definition) is 0. The molecule has 10 nitrogen and oxygen atoms in total. The van der Waals surface area contributed by atoms with E-state index in [4.69, 9.17) is 28.4 Å². The van der Waals surface area contributed by atoms with Crippen LogP contribution in [0, 0.1) is 5.41 Å². The summed E-state index contributed by atoms with van der Waals surface area (Å²) in [5, 5.41) is 0. The van der Waals surface area contributed by atoms with Crippen LogP contribution in [0.4, 0.5) is 0 Å². The zero-order valence-electron chi connectivity index (χ0n) is 19.0. The summed E-state index contributed by atoms with van der Waals surface area (Å²) in [4.78, 5) is 51.1. The monoisotopic (exact) mass is 460 g/mol. The second-order valence-electron chi connectivity index (χ2n) is 8.44. The lowest BCUT2D eigenvalue weighted by Crippen LogP contribution is -2.60. The maximum absolute atomic E-state index is 13.0. The van der Waals surface area contributed by atoms with Crippen molar-refractivity contribution < 1.29 is 47.6 Å². The smallest absolute Gasteiger partial charge is 0.337 e. The molecule has 0 aromatic rings. The van der Waals surface area contributed by atoms with Crippen LogP contribution in [0.5, 0.6) is 0 Å². The fraction of sp³-hybridized carbons (Fsp3) is 0.478. The van der Waals surface area contributed by atoms with E-state index in [0.29, 0.717) is 0 Å². The first-order valence-corrected chi connectivity index (χ1v) is 10.1. The predicted molar refractivity (Wildman–Crippen MR) is 109 cm³/mol. The van der Waals surface area contributed by atoms with Gasteiger partial charge in [-0.25, -0.2) is 19.2 Å². The summed E-state index contributed by atoms with van der Waals surface area (Å²) < 4.78 is 32.2. The van der Waals surface area contributed by atoms with E-state index in [0.717, 1.165) is 0 Å². The first-order chi connectivity index (χ1) is 15.6. The lowest BCUT2D eigenvalue weighted by Gasteiger charge is -2.50. The first kappa shape index (κ1) is 22.9. The topological polar surface area (TPSA) is 124 Å². The van der Waals surface area contributed by atoms with E-state index >= 15 is 0 Å². The average Bonchev–Trinajstić information content (AvgIpc) is 3.59. The van der Waals surface area contributed by atoms with Gasteiger partial charge in [-0.3, -0.25) is 0 Å². The third-order valence-corrected chi connectivity index (χ3v) is 6.93. The van der Waals surface area contributed by atoms with Crippen molar-refractivity contribution in [2.75, 3.05) is 28.4 Å². The van der Waals surface area contributed by atoms with E-state index in [1.165, 1.54) is 28.4 Å². The SMILES string of the molecule is COC(=O)C1=C(C(=O)OC)[C@@]2(C(C)(C)[C@@]34C=C[C@@H](O3)C(C(=O)OC)=C4C(=O)OC)C=C[C@@H]1O2. The number of carbonyl (C=O) groups is 4. The number of methoxy groups -OCH3 is 4.